The highest BCUT2D eigenvalue weighted by atomic mass is 15.2. The number of piperazine rings is 1. The van der Waals surface area contributed by atoms with Crippen LogP contribution in [-0.2, 0) is 6.54 Å². The van der Waals surface area contributed by atoms with Gasteiger partial charge in [0.2, 0.25) is 0 Å². The molecule has 1 N–H and O–H groups in total. The van der Waals surface area contributed by atoms with Crippen LogP contribution >= 0.6 is 0 Å². The smallest absolute Gasteiger partial charge is 0.0771 e. The Morgan fingerprint density at radius 3 is 3.29 bits per heavy atom. The molecule has 14 heavy (non-hydrogen) atoms. The van der Waals surface area contributed by atoms with Crippen LogP contribution < -0.4 is 5.32 Å². The first-order valence-electron chi connectivity index (χ1n) is 5.07. The molecule has 4 nitrogen and oxygen atoms in total. The Morgan fingerprint density at radius 2 is 2.57 bits per heavy atom. The Morgan fingerprint density at radius 1 is 1.64 bits per heavy atom. The van der Waals surface area contributed by atoms with E-state index < -0.39 is 0 Å². The van der Waals surface area contributed by atoms with Crippen molar-refractivity contribution in [2.45, 2.75) is 19.5 Å². The van der Waals surface area contributed by atoms with E-state index in [0.717, 1.165) is 31.9 Å². The summed E-state index contributed by atoms with van der Waals surface area (Å²) in [5.41, 5.74) is 1.06. The molecule has 0 amide bonds. The first kappa shape index (κ1) is 9.55. The summed E-state index contributed by atoms with van der Waals surface area (Å²) in [4.78, 5) is 2.43. The van der Waals surface area contributed by atoms with Crippen molar-refractivity contribution in [2.75, 3.05) is 19.6 Å². The molecule has 1 fully saturated rings. The van der Waals surface area contributed by atoms with E-state index in [1.54, 1.807) is 6.20 Å². The van der Waals surface area contributed by atoms with E-state index in [2.05, 4.69) is 27.3 Å². The van der Waals surface area contributed by atoms with Gasteiger partial charge in [0.25, 0.3) is 0 Å². The van der Waals surface area contributed by atoms with Crippen molar-refractivity contribution in [3.63, 3.8) is 0 Å². The Kier molecular flexibility index (Phi) is 3.06. The Balaban J connectivity index is 1.96. The van der Waals surface area contributed by atoms with Crippen LogP contribution in [0.2, 0.25) is 0 Å². The summed E-state index contributed by atoms with van der Waals surface area (Å²) in [5, 5.41) is 11.4. The normalized spacial score (nSPS) is 23.6. The lowest BCUT2D eigenvalue weighted by atomic mass is 10.2. The molecule has 0 aliphatic carbocycles. The molecule has 1 aliphatic rings. The summed E-state index contributed by atoms with van der Waals surface area (Å²) < 4.78 is 0. The second-order valence-electron chi connectivity index (χ2n) is 3.74. The number of hydrogen-bond acceptors (Lipinski definition) is 4. The van der Waals surface area contributed by atoms with Crippen LogP contribution in [0.25, 0.3) is 0 Å². The van der Waals surface area contributed by atoms with Crippen LogP contribution in [0, 0.1) is 0 Å². The maximum absolute atomic E-state index is 4.10. The van der Waals surface area contributed by atoms with E-state index in [9.17, 15) is 0 Å². The summed E-state index contributed by atoms with van der Waals surface area (Å²) >= 11 is 0. The SMILES string of the molecule is C[C@H]1CNCCN1Cc1cccnn1. The zero-order valence-electron chi connectivity index (χ0n) is 8.48. The van der Waals surface area contributed by atoms with Crippen LogP contribution in [0.15, 0.2) is 18.3 Å². The minimum Gasteiger partial charge on any atom is -0.314 e. The lowest BCUT2D eigenvalue weighted by Gasteiger charge is -2.33. The monoisotopic (exact) mass is 192 g/mol. The fraction of sp³-hybridized carbons (Fsp3) is 0.600. The van der Waals surface area contributed by atoms with Crippen molar-refractivity contribution in [2.24, 2.45) is 0 Å². The molecule has 1 atom stereocenters. The van der Waals surface area contributed by atoms with Gasteiger partial charge >= 0.3 is 0 Å². The van der Waals surface area contributed by atoms with Gasteiger partial charge in [-0.2, -0.15) is 10.2 Å². The predicted octanol–water partition coefficient (Wildman–Crippen LogP) is 0.270. The quantitative estimate of drug-likeness (QED) is 0.730. The topological polar surface area (TPSA) is 41.0 Å². The Bertz CT molecular complexity index is 275. The zero-order valence-corrected chi connectivity index (χ0v) is 8.48. The van der Waals surface area contributed by atoms with Gasteiger partial charge in [0.15, 0.2) is 0 Å². The number of nitrogens with one attached hydrogen (secondary N) is 1. The van der Waals surface area contributed by atoms with E-state index in [-0.39, 0.29) is 0 Å². The summed E-state index contributed by atoms with van der Waals surface area (Å²) in [6.07, 6.45) is 1.71. The molecule has 1 aliphatic heterocycles. The average Bonchev–Trinajstić information content (AvgIpc) is 2.23. The molecule has 1 aromatic rings. The highest BCUT2D eigenvalue weighted by Crippen LogP contribution is 2.06. The van der Waals surface area contributed by atoms with Crippen molar-refractivity contribution >= 4 is 0 Å². The van der Waals surface area contributed by atoms with Crippen molar-refractivity contribution in [3.05, 3.63) is 24.0 Å². The van der Waals surface area contributed by atoms with Gasteiger partial charge in [-0.25, -0.2) is 0 Å². The highest BCUT2D eigenvalue weighted by molar-refractivity contribution is 4.99. The Hall–Kier alpha value is -1.00. The molecule has 4 heteroatoms. The minimum absolute atomic E-state index is 0.589. The highest BCUT2D eigenvalue weighted by Gasteiger charge is 2.17. The van der Waals surface area contributed by atoms with Crippen molar-refractivity contribution in [1.82, 2.24) is 20.4 Å². The number of rotatable bonds is 2. The maximum Gasteiger partial charge on any atom is 0.0771 e. The zero-order chi connectivity index (χ0) is 9.80. The summed E-state index contributed by atoms with van der Waals surface area (Å²) in [5.74, 6) is 0. The lowest BCUT2D eigenvalue weighted by molar-refractivity contribution is 0.163. The van der Waals surface area contributed by atoms with Crippen LogP contribution in [0.5, 0.6) is 0 Å². The van der Waals surface area contributed by atoms with Crippen molar-refractivity contribution in [1.29, 1.82) is 0 Å². The third-order valence-electron chi connectivity index (χ3n) is 2.63. The fourth-order valence-corrected chi connectivity index (χ4v) is 1.74. The first-order valence-corrected chi connectivity index (χ1v) is 5.07. The predicted molar refractivity (Wildman–Crippen MR) is 54.8 cm³/mol. The average molecular weight is 192 g/mol. The molecule has 0 bridgehead atoms. The van der Waals surface area contributed by atoms with Crippen LogP contribution in [0.4, 0.5) is 0 Å². The van der Waals surface area contributed by atoms with Gasteiger partial charge in [-0.05, 0) is 19.1 Å². The van der Waals surface area contributed by atoms with E-state index in [1.807, 2.05) is 12.1 Å². The van der Waals surface area contributed by atoms with Gasteiger partial charge in [0, 0.05) is 38.4 Å². The molecule has 2 rings (SSSR count). The van der Waals surface area contributed by atoms with Crippen molar-refractivity contribution < 1.29 is 0 Å². The molecule has 2 heterocycles. The second kappa shape index (κ2) is 4.48. The third-order valence-corrected chi connectivity index (χ3v) is 2.63. The minimum atomic E-state index is 0.589. The van der Waals surface area contributed by atoms with Crippen LogP contribution in [0.3, 0.4) is 0 Å². The summed E-state index contributed by atoms with van der Waals surface area (Å²) in [7, 11) is 0. The molecule has 0 spiro atoms. The van der Waals surface area contributed by atoms with Gasteiger partial charge in [-0.3, -0.25) is 4.90 Å². The van der Waals surface area contributed by atoms with Gasteiger partial charge < -0.3 is 5.32 Å². The van der Waals surface area contributed by atoms with E-state index in [0.29, 0.717) is 6.04 Å². The molecule has 0 radical (unpaired) electrons. The van der Waals surface area contributed by atoms with Gasteiger partial charge in [0.1, 0.15) is 0 Å². The van der Waals surface area contributed by atoms with E-state index in [4.69, 9.17) is 0 Å². The van der Waals surface area contributed by atoms with Gasteiger partial charge in [0.05, 0.1) is 5.69 Å². The number of aromatic nitrogens is 2. The summed E-state index contributed by atoms with van der Waals surface area (Å²) in [6.45, 7) is 6.39. The molecule has 76 valence electrons. The summed E-state index contributed by atoms with van der Waals surface area (Å²) in [6, 6.07) is 4.56. The molecule has 0 aromatic carbocycles. The lowest BCUT2D eigenvalue weighted by Crippen LogP contribution is -2.49. The molecule has 1 saturated heterocycles. The number of hydrogen-bond donors (Lipinski definition) is 1. The fourth-order valence-electron chi connectivity index (χ4n) is 1.74. The maximum atomic E-state index is 4.10. The first-order chi connectivity index (χ1) is 6.86. The van der Waals surface area contributed by atoms with Crippen molar-refractivity contribution in [3.8, 4) is 0 Å². The standard InChI is InChI=1S/C10H16N4/c1-9-7-11-5-6-14(9)8-10-3-2-4-12-13-10/h2-4,9,11H,5-8H2,1H3/t9-/m0/s1. The van der Waals surface area contributed by atoms with Crippen LogP contribution in [0.1, 0.15) is 12.6 Å². The van der Waals surface area contributed by atoms with Gasteiger partial charge in [-0.1, -0.05) is 0 Å². The van der Waals surface area contributed by atoms with Crippen LogP contribution in [-0.4, -0.2) is 40.8 Å². The van der Waals surface area contributed by atoms with Gasteiger partial charge in [-0.15, -0.1) is 0 Å². The Labute approximate surface area is 84.3 Å². The van der Waals surface area contributed by atoms with E-state index >= 15 is 0 Å². The molecular weight excluding hydrogens is 176 g/mol. The van der Waals surface area contributed by atoms with E-state index in [1.165, 1.54) is 0 Å². The molecular formula is C10H16N4. The largest absolute Gasteiger partial charge is 0.314 e. The molecule has 0 unspecified atom stereocenters. The third kappa shape index (κ3) is 2.27. The number of nitrogens with zero attached hydrogens (tertiary/aromatic N) is 3. The molecule has 0 saturated carbocycles. The molecule has 1 aromatic heterocycles. The second-order valence-corrected chi connectivity index (χ2v) is 3.74.